The lowest BCUT2D eigenvalue weighted by atomic mass is 10.2. The van der Waals surface area contributed by atoms with Gasteiger partial charge in [0.25, 0.3) is 0 Å². The van der Waals surface area contributed by atoms with Gasteiger partial charge in [-0.2, -0.15) is 0 Å². The molecule has 0 bridgehead atoms. The highest BCUT2D eigenvalue weighted by molar-refractivity contribution is 9.10. The van der Waals surface area contributed by atoms with Crippen molar-refractivity contribution in [3.8, 4) is 11.5 Å². The molecule has 0 saturated carbocycles. The van der Waals surface area contributed by atoms with Gasteiger partial charge in [0.05, 0.1) is 17.7 Å². The number of hydrogen-bond acceptors (Lipinski definition) is 4. The summed E-state index contributed by atoms with van der Waals surface area (Å²) in [6, 6.07) is 4.53. The van der Waals surface area contributed by atoms with Crippen LogP contribution < -0.4 is 14.8 Å². The van der Waals surface area contributed by atoms with Crippen LogP contribution >= 0.6 is 15.9 Å². The Balaban J connectivity index is 2.95. The molecule has 1 aromatic rings. The first kappa shape index (κ1) is 18.3. The Hall–Kier alpha value is -0.780. The molecule has 0 radical (unpaired) electrons. The average Bonchev–Trinajstić information content (AvgIpc) is 2.41. The van der Waals surface area contributed by atoms with Gasteiger partial charge in [0.15, 0.2) is 11.5 Å². The summed E-state index contributed by atoms with van der Waals surface area (Å²) in [6.45, 7) is 10.1. The van der Waals surface area contributed by atoms with Gasteiger partial charge in [0.1, 0.15) is 6.10 Å². The zero-order valence-electron chi connectivity index (χ0n) is 13.5. The Morgan fingerprint density at radius 3 is 2.52 bits per heavy atom. The predicted octanol–water partition coefficient (Wildman–Crippen LogP) is 3.76. The molecule has 1 atom stereocenters. The van der Waals surface area contributed by atoms with Crippen molar-refractivity contribution in [3.63, 3.8) is 0 Å². The Bertz CT molecular complexity index is 438. The molecular weight excluding hydrogens is 334 g/mol. The average molecular weight is 360 g/mol. The van der Waals surface area contributed by atoms with Crippen LogP contribution in [0.5, 0.6) is 11.5 Å². The van der Waals surface area contributed by atoms with Crippen LogP contribution in [0.3, 0.4) is 0 Å². The van der Waals surface area contributed by atoms with Crippen molar-refractivity contribution in [1.82, 2.24) is 5.32 Å². The molecule has 0 heterocycles. The zero-order valence-corrected chi connectivity index (χ0v) is 15.1. The first-order valence-corrected chi connectivity index (χ1v) is 8.11. The van der Waals surface area contributed by atoms with Crippen LogP contribution in [0.1, 0.15) is 33.3 Å². The number of hydrogen-bond donors (Lipinski definition) is 1. The molecule has 5 heteroatoms. The molecule has 0 saturated heterocycles. The monoisotopic (exact) mass is 359 g/mol. The Morgan fingerprint density at radius 1 is 1.24 bits per heavy atom. The van der Waals surface area contributed by atoms with Gasteiger partial charge in [-0.05, 0) is 47.5 Å². The van der Waals surface area contributed by atoms with E-state index in [4.69, 9.17) is 14.2 Å². The number of ether oxygens (including phenoxy) is 3. The van der Waals surface area contributed by atoms with E-state index in [2.05, 4.69) is 41.2 Å². The molecule has 21 heavy (non-hydrogen) atoms. The lowest BCUT2D eigenvalue weighted by Gasteiger charge is -2.19. The van der Waals surface area contributed by atoms with E-state index in [0.717, 1.165) is 28.1 Å². The van der Waals surface area contributed by atoms with Crippen LogP contribution in [0.15, 0.2) is 16.6 Å². The van der Waals surface area contributed by atoms with Crippen molar-refractivity contribution in [1.29, 1.82) is 0 Å². The van der Waals surface area contributed by atoms with Crippen LogP contribution in [-0.4, -0.2) is 32.5 Å². The van der Waals surface area contributed by atoms with Gasteiger partial charge in [0.2, 0.25) is 0 Å². The summed E-state index contributed by atoms with van der Waals surface area (Å²) in [4.78, 5) is 0. The summed E-state index contributed by atoms with van der Waals surface area (Å²) in [7, 11) is 1.67. The second-order valence-corrected chi connectivity index (χ2v) is 6.11. The summed E-state index contributed by atoms with van der Waals surface area (Å²) < 4.78 is 17.7. The maximum absolute atomic E-state index is 5.93. The van der Waals surface area contributed by atoms with Gasteiger partial charge >= 0.3 is 0 Å². The number of halogens is 1. The molecule has 0 aliphatic heterocycles. The van der Waals surface area contributed by atoms with Crippen LogP contribution in [-0.2, 0) is 11.3 Å². The molecule has 120 valence electrons. The normalized spacial score (nSPS) is 12.5. The van der Waals surface area contributed by atoms with E-state index in [1.165, 1.54) is 0 Å². The van der Waals surface area contributed by atoms with Crippen molar-refractivity contribution < 1.29 is 14.2 Å². The molecule has 1 aromatic carbocycles. The van der Waals surface area contributed by atoms with Crippen LogP contribution in [0.2, 0.25) is 0 Å². The molecule has 0 aliphatic carbocycles. The van der Waals surface area contributed by atoms with Gasteiger partial charge in [-0.1, -0.05) is 13.8 Å². The van der Waals surface area contributed by atoms with Gasteiger partial charge in [-0.15, -0.1) is 0 Å². The van der Waals surface area contributed by atoms with Crippen LogP contribution in [0.25, 0.3) is 0 Å². The third kappa shape index (κ3) is 6.24. The smallest absolute Gasteiger partial charge is 0.175 e. The summed E-state index contributed by atoms with van der Waals surface area (Å²) in [6.07, 6.45) is -0.0369. The van der Waals surface area contributed by atoms with Crippen LogP contribution in [0.4, 0.5) is 0 Å². The first-order valence-electron chi connectivity index (χ1n) is 7.32. The fourth-order valence-electron chi connectivity index (χ4n) is 1.89. The third-order valence-corrected chi connectivity index (χ3v) is 3.39. The number of rotatable bonds is 9. The lowest BCUT2D eigenvalue weighted by molar-refractivity contribution is 0.0888. The SMILES string of the molecule is CCOc1cc(CNC(C)C)cc(Br)c1OC(C)COC. The van der Waals surface area contributed by atoms with E-state index in [1.54, 1.807) is 7.11 Å². The quantitative estimate of drug-likeness (QED) is 0.728. The second kappa shape index (κ2) is 9.28. The van der Waals surface area contributed by atoms with Gasteiger partial charge in [-0.25, -0.2) is 0 Å². The number of nitrogens with one attached hydrogen (secondary N) is 1. The Kier molecular flexibility index (Phi) is 8.07. The van der Waals surface area contributed by atoms with Gasteiger partial charge in [-0.3, -0.25) is 0 Å². The molecule has 0 spiro atoms. The molecular formula is C16H26BrNO3. The molecule has 4 nitrogen and oxygen atoms in total. The topological polar surface area (TPSA) is 39.7 Å². The summed E-state index contributed by atoms with van der Waals surface area (Å²) in [5, 5.41) is 3.40. The van der Waals surface area contributed by atoms with E-state index in [9.17, 15) is 0 Å². The van der Waals surface area contributed by atoms with E-state index < -0.39 is 0 Å². The molecule has 0 aromatic heterocycles. The van der Waals surface area contributed by atoms with Gasteiger partial charge < -0.3 is 19.5 Å². The zero-order chi connectivity index (χ0) is 15.8. The number of methoxy groups -OCH3 is 1. The molecule has 0 amide bonds. The number of benzene rings is 1. The third-order valence-electron chi connectivity index (χ3n) is 2.80. The predicted molar refractivity (Wildman–Crippen MR) is 89.3 cm³/mol. The summed E-state index contributed by atoms with van der Waals surface area (Å²) in [5.74, 6) is 1.49. The Labute approximate surface area is 136 Å². The molecule has 0 aliphatic rings. The molecule has 1 N–H and O–H groups in total. The fraction of sp³-hybridized carbons (Fsp3) is 0.625. The highest BCUT2D eigenvalue weighted by Gasteiger charge is 2.15. The fourth-order valence-corrected chi connectivity index (χ4v) is 2.48. The largest absolute Gasteiger partial charge is 0.490 e. The highest BCUT2D eigenvalue weighted by Crippen LogP contribution is 2.37. The van der Waals surface area contributed by atoms with Crippen molar-refractivity contribution in [2.75, 3.05) is 20.3 Å². The second-order valence-electron chi connectivity index (χ2n) is 5.26. The summed E-state index contributed by atoms with van der Waals surface area (Å²) in [5.41, 5.74) is 1.16. The molecule has 1 unspecified atom stereocenters. The standard InChI is InChI=1S/C16H26BrNO3/c1-6-20-15-8-13(9-18-11(2)3)7-14(17)16(15)21-12(4)10-19-5/h7-8,11-12,18H,6,9-10H2,1-5H3. The van der Waals surface area contributed by atoms with Crippen LogP contribution in [0, 0.1) is 0 Å². The maximum Gasteiger partial charge on any atom is 0.175 e. The van der Waals surface area contributed by atoms with Crippen molar-refractivity contribution in [2.24, 2.45) is 0 Å². The van der Waals surface area contributed by atoms with Gasteiger partial charge in [0, 0.05) is 19.7 Å². The van der Waals surface area contributed by atoms with Crippen molar-refractivity contribution in [3.05, 3.63) is 22.2 Å². The minimum absolute atomic E-state index is 0.0369. The first-order chi connectivity index (χ1) is 9.97. The summed E-state index contributed by atoms with van der Waals surface area (Å²) >= 11 is 3.58. The minimum Gasteiger partial charge on any atom is -0.490 e. The van der Waals surface area contributed by atoms with E-state index in [1.807, 2.05) is 19.9 Å². The highest BCUT2D eigenvalue weighted by atomic mass is 79.9. The van der Waals surface area contributed by atoms with E-state index in [-0.39, 0.29) is 6.10 Å². The van der Waals surface area contributed by atoms with Crippen molar-refractivity contribution in [2.45, 2.75) is 46.4 Å². The Morgan fingerprint density at radius 2 is 1.95 bits per heavy atom. The molecule has 0 fully saturated rings. The van der Waals surface area contributed by atoms with E-state index >= 15 is 0 Å². The lowest BCUT2D eigenvalue weighted by Crippen LogP contribution is -2.22. The molecule has 1 rings (SSSR count). The van der Waals surface area contributed by atoms with Crippen molar-refractivity contribution >= 4 is 15.9 Å². The minimum atomic E-state index is -0.0369. The van der Waals surface area contributed by atoms with E-state index in [0.29, 0.717) is 19.3 Å². The maximum atomic E-state index is 5.93.